The third kappa shape index (κ3) is 3.31. The molecule has 0 unspecified atom stereocenters. The van der Waals surface area contributed by atoms with Gasteiger partial charge in [-0.25, -0.2) is 9.97 Å². The number of hydrogen-bond acceptors (Lipinski definition) is 2. The van der Waals surface area contributed by atoms with E-state index in [0.717, 1.165) is 32.4 Å². The predicted octanol–water partition coefficient (Wildman–Crippen LogP) is 4.81. The number of halogens is 3. The van der Waals surface area contributed by atoms with E-state index in [1.54, 1.807) is 0 Å². The molecule has 0 aliphatic heterocycles. The Morgan fingerprint density at radius 1 is 1.22 bits per heavy atom. The summed E-state index contributed by atoms with van der Waals surface area (Å²) in [4.78, 5) is 8.82. The molecule has 2 nitrogen and oxygen atoms in total. The molecule has 94 valence electrons. The molecule has 0 amide bonds. The minimum absolute atomic E-state index is 0.479. The van der Waals surface area contributed by atoms with Crippen LogP contribution in [0.3, 0.4) is 0 Å². The van der Waals surface area contributed by atoms with E-state index in [1.165, 1.54) is 0 Å². The Kier molecular flexibility index (Phi) is 4.76. The number of aryl methyl sites for hydroxylation is 1. The van der Waals surface area contributed by atoms with Gasteiger partial charge in [-0.1, -0.05) is 46.6 Å². The monoisotopic (exact) mass is 388 g/mol. The van der Waals surface area contributed by atoms with Crippen LogP contribution in [0.2, 0.25) is 5.15 Å². The molecule has 2 aromatic rings. The molecule has 0 radical (unpaired) electrons. The van der Waals surface area contributed by atoms with Crippen molar-refractivity contribution in [2.75, 3.05) is 0 Å². The highest BCUT2D eigenvalue weighted by molar-refractivity contribution is 9.10. The Hall–Kier alpha value is -0.450. The van der Waals surface area contributed by atoms with Crippen molar-refractivity contribution in [1.82, 2.24) is 9.97 Å². The lowest BCUT2D eigenvalue weighted by Gasteiger charge is -2.07. The summed E-state index contributed by atoms with van der Waals surface area (Å²) in [5.41, 5.74) is 2.10. The van der Waals surface area contributed by atoms with Crippen molar-refractivity contribution in [2.45, 2.75) is 19.8 Å². The fourth-order valence-corrected chi connectivity index (χ4v) is 2.77. The summed E-state index contributed by atoms with van der Waals surface area (Å²) in [6.07, 6.45) is 1.51. The molecule has 0 spiro atoms. The Morgan fingerprint density at radius 3 is 2.67 bits per heavy atom. The summed E-state index contributed by atoms with van der Waals surface area (Å²) in [6, 6.07) is 8.11. The summed E-state index contributed by atoms with van der Waals surface area (Å²) < 4.78 is 1.85. The van der Waals surface area contributed by atoms with E-state index in [1.807, 2.05) is 19.1 Å². The van der Waals surface area contributed by atoms with E-state index in [-0.39, 0.29) is 0 Å². The Balaban J connectivity index is 2.32. The van der Waals surface area contributed by atoms with Gasteiger partial charge in [-0.3, -0.25) is 0 Å². The van der Waals surface area contributed by atoms with Crippen LogP contribution in [0.25, 0.3) is 0 Å². The fourth-order valence-electron chi connectivity index (χ4n) is 1.65. The van der Waals surface area contributed by atoms with Gasteiger partial charge in [-0.2, -0.15) is 0 Å². The standard InChI is InChI=1S/C13H11Br2ClN2/c1-2-10-12(15)13(16)18-11(17-10)7-8-4-3-5-9(14)6-8/h3-6H,2,7H2,1H3. The van der Waals surface area contributed by atoms with E-state index in [4.69, 9.17) is 11.6 Å². The van der Waals surface area contributed by atoms with Gasteiger partial charge in [0.05, 0.1) is 10.2 Å². The summed E-state index contributed by atoms with van der Waals surface area (Å²) in [7, 11) is 0. The van der Waals surface area contributed by atoms with Gasteiger partial charge in [0.2, 0.25) is 0 Å². The molecule has 0 N–H and O–H groups in total. The molecule has 0 aliphatic rings. The molecule has 18 heavy (non-hydrogen) atoms. The second kappa shape index (κ2) is 6.13. The second-order valence-corrected chi connectivity index (χ2v) is 5.92. The Labute approximate surface area is 128 Å². The molecule has 0 saturated heterocycles. The van der Waals surface area contributed by atoms with Gasteiger partial charge in [0.25, 0.3) is 0 Å². The molecule has 1 heterocycles. The highest BCUT2D eigenvalue weighted by atomic mass is 79.9. The zero-order valence-electron chi connectivity index (χ0n) is 9.75. The lowest BCUT2D eigenvalue weighted by Crippen LogP contribution is -2.02. The number of aromatic nitrogens is 2. The minimum Gasteiger partial charge on any atom is -0.236 e. The van der Waals surface area contributed by atoms with Crippen molar-refractivity contribution in [3.8, 4) is 0 Å². The van der Waals surface area contributed by atoms with E-state index < -0.39 is 0 Å². The molecule has 2 rings (SSSR count). The second-order valence-electron chi connectivity index (χ2n) is 3.85. The van der Waals surface area contributed by atoms with Crippen LogP contribution in [-0.2, 0) is 12.8 Å². The number of rotatable bonds is 3. The van der Waals surface area contributed by atoms with Gasteiger partial charge in [-0.15, -0.1) is 0 Å². The first-order valence-electron chi connectivity index (χ1n) is 5.55. The minimum atomic E-state index is 0.479. The largest absolute Gasteiger partial charge is 0.236 e. The third-order valence-electron chi connectivity index (χ3n) is 2.51. The van der Waals surface area contributed by atoms with Crippen LogP contribution < -0.4 is 0 Å². The normalized spacial score (nSPS) is 10.7. The van der Waals surface area contributed by atoms with Crippen LogP contribution in [0, 0.1) is 0 Å². The summed E-state index contributed by atoms with van der Waals surface area (Å²) in [6.45, 7) is 2.05. The van der Waals surface area contributed by atoms with Crippen LogP contribution in [0.15, 0.2) is 33.2 Å². The average Bonchev–Trinajstić information content (AvgIpc) is 2.33. The quantitative estimate of drug-likeness (QED) is 0.703. The number of hydrogen-bond donors (Lipinski definition) is 0. The van der Waals surface area contributed by atoms with E-state index in [0.29, 0.717) is 11.6 Å². The zero-order chi connectivity index (χ0) is 13.1. The number of benzene rings is 1. The molecule has 1 aromatic heterocycles. The topological polar surface area (TPSA) is 25.8 Å². The first-order valence-corrected chi connectivity index (χ1v) is 7.51. The van der Waals surface area contributed by atoms with Gasteiger partial charge in [0.15, 0.2) is 0 Å². The molecule has 0 bridgehead atoms. The van der Waals surface area contributed by atoms with Crippen molar-refractivity contribution in [2.24, 2.45) is 0 Å². The van der Waals surface area contributed by atoms with Crippen molar-refractivity contribution in [3.63, 3.8) is 0 Å². The smallest absolute Gasteiger partial charge is 0.147 e. The van der Waals surface area contributed by atoms with Crippen molar-refractivity contribution in [1.29, 1.82) is 0 Å². The zero-order valence-corrected chi connectivity index (χ0v) is 13.7. The van der Waals surface area contributed by atoms with E-state index in [9.17, 15) is 0 Å². The lowest BCUT2D eigenvalue weighted by atomic mass is 10.1. The maximum absolute atomic E-state index is 6.09. The predicted molar refractivity (Wildman–Crippen MR) is 81.1 cm³/mol. The average molecular weight is 391 g/mol. The Bertz CT molecular complexity index is 573. The first kappa shape index (κ1) is 14.0. The van der Waals surface area contributed by atoms with Gasteiger partial charge < -0.3 is 0 Å². The first-order chi connectivity index (χ1) is 8.60. The fraction of sp³-hybridized carbons (Fsp3) is 0.231. The summed E-state index contributed by atoms with van der Waals surface area (Å²) in [5.74, 6) is 0.748. The van der Waals surface area contributed by atoms with Crippen LogP contribution in [0.4, 0.5) is 0 Å². The number of nitrogens with zero attached hydrogens (tertiary/aromatic N) is 2. The van der Waals surface area contributed by atoms with Gasteiger partial charge in [0.1, 0.15) is 11.0 Å². The lowest BCUT2D eigenvalue weighted by molar-refractivity contribution is 0.896. The maximum atomic E-state index is 6.09. The molecule has 0 saturated carbocycles. The van der Waals surface area contributed by atoms with Gasteiger partial charge in [-0.05, 0) is 40.0 Å². The molecular formula is C13H11Br2ClN2. The molecule has 5 heteroatoms. The van der Waals surface area contributed by atoms with Crippen LogP contribution >= 0.6 is 43.5 Å². The van der Waals surface area contributed by atoms with Gasteiger partial charge >= 0.3 is 0 Å². The molecular weight excluding hydrogens is 379 g/mol. The SMILES string of the molecule is CCc1nc(Cc2cccc(Br)c2)nc(Cl)c1Br. The van der Waals surface area contributed by atoms with Crippen LogP contribution in [0.1, 0.15) is 24.0 Å². The van der Waals surface area contributed by atoms with Crippen molar-refractivity contribution >= 4 is 43.5 Å². The van der Waals surface area contributed by atoms with Crippen molar-refractivity contribution < 1.29 is 0 Å². The third-order valence-corrected chi connectivity index (χ3v) is 4.34. The highest BCUT2D eigenvalue weighted by Crippen LogP contribution is 2.24. The molecule has 0 aliphatic carbocycles. The molecule has 0 atom stereocenters. The van der Waals surface area contributed by atoms with Crippen molar-refractivity contribution in [3.05, 3.63) is 55.4 Å². The van der Waals surface area contributed by atoms with Gasteiger partial charge in [0, 0.05) is 10.9 Å². The van der Waals surface area contributed by atoms with Crippen LogP contribution in [-0.4, -0.2) is 9.97 Å². The highest BCUT2D eigenvalue weighted by Gasteiger charge is 2.09. The van der Waals surface area contributed by atoms with E-state index >= 15 is 0 Å². The summed E-state index contributed by atoms with van der Waals surface area (Å²) >= 11 is 13.0. The summed E-state index contributed by atoms with van der Waals surface area (Å²) in [5, 5.41) is 0.479. The maximum Gasteiger partial charge on any atom is 0.147 e. The Morgan fingerprint density at radius 2 is 2.00 bits per heavy atom. The molecule has 0 fully saturated rings. The molecule has 1 aromatic carbocycles. The van der Waals surface area contributed by atoms with E-state index in [2.05, 4.69) is 54.0 Å². The van der Waals surface area contributed by atoms with Crippen LogP contribution in [0.5, 0.6) is 0 Å².